The molecule has 0 aliphatic carbocycles. The van der Waals surface area contributed by atoms with E-state index in [0.29, 0.717) is 16.3 Å². The van der Waals surface area contributed by atoms with E-state index in [4.69, 9.17) is 4.74 Å². The van der Waals surface area contributed by atoms with E-state index in [1.54, 1.807) is 30.3 Å². The van der Waals surface area contributed by atoms with Crippen LogP contribution in [0.15, 0.2) is 60.7 Å². The molecule has 0 bridgehead atoms. The quantitative estimate of drug-likeness (QED) is 0.327. The molecule has 0 saturated carbocycles. The van der Waals surface area contributed by atoms with Crippen LogP contribution < -0.4 is 10.1 Å². The first-order chi connectivity index (χ1) is 16.8. The van der Waals surface area contributed by atoms with Crippen LogP contribution in [-0.2, 0) is 17.6 Å². The Labute approximate surface area is 201 Å². The van der Waals surface area contributed by atoms with Crippen molar-refractivity contribution in [1.82, 2.24) is 5.32 Å². The highest BCUT2D eigenvalue weighted by Gasteiger charge is 2.30. The molecule has 3 aromatic rings. The van der Waals surface area contributed by atoms with Crippen LogP contribution in [-0.4, -0.2) is 29.2 Å². The van der Waals surface area contributed by atoms with Crippen LogP contribution in [0.25, 0.3) is 10.8 Å². The lowest BCUT2D eigenvalue weighted by atomic mass is 10.0. The van der Waals surface area contributed by atoms with E-state index in [0.717, 1.165) is 12.1 Å². The van der Waals surface area contributed by atoms with Crippen molar-refractivity contribution in [3.05, 3.63) is 77.4 Å². The van der Waals surface area contributed by atoms with E-state index in [2.05, 4.69) is 5.32 Å². The Hall–Kier alpha value is -3.76. The maximum Gasteiger partial charge on any atom is 0.416 e. The minimum atomic E-state index is -4.50. The second-order valence-electron chi connectivity index (χ2n) is 8.02. The lowest BCUT2D eigenvalue weighted by Gasteiger charge is -2.18. The second-order valence-corrected chi connectivity index (χ2v) is 8.02. The third-order valence-electron chi connectivity index (χ3n) is 5.35. The van der Waals surface area contributed by atoms with Gasteiger partial charge < -0.3 is 15.2 Å². The number of halogens is 6. The molecule has 11 heteroatoms. The molecule has 2 N–H and O–H groups in total. The van der Waals surface area contributed by atoms with Crippen molar-refractivity contribution in [2.75, 3.05) is 0 Å². The van der Waals surface area contributed by atoms with Crippen molar-refractivity contribution in [1.29, 1.82) is 0 Å². The molecule has 1 atom stereocenters. The molecule has 0 fully saturated rings. The number of aliphatic carboxylic acids is 1. The van der Waals surface area contributed by atoms with Gasteiger partial charge in [0.1, 0.15) is 18.4 Å². The maximum absolute atomic E-state index is 12.9. The number of carbonyl (C=O) groups excluding carboxylic acids is 1. The molecule has 0 aliphatic heterocycles. The number of hydrogen-bond donors (Lipinski definition) is 2. The first-order valence-electron chi connectivity index (χ1n) is 10.8. The first kappa shape index (κ1) is 26.8. The van der Waals surface area contributed by atoms with Crippen molar-refractivity contribution in [3.8, 4) is 5.75 Å². The number of alkyl halides is 6. The molecule has 192 valence electrons. The lowest BCUT2D eigenvalue weighted by molar-refractivity contribution is -0.142. The standard InChI is InChI=1S/C25H21F6NO4/c26-24(27,28)13-3-6-20(23(34)35)32-22(33)19-12-9-16-4-1-2-5-18(16)21(19)36-14-15-7-10-17(11-8-15)25(29,30)31/h1-2,4-5,7-12,20H,3,6,13-14H2,(H,32,33)(H,34,35)/t20-/m0/s1. The van der Waals surface area contributed by atoms with Crippen LogP contribution in [0.4, 0.5) is 26.3 Å². The highest BCUT2D eigenvalue weighted by Crippen LogP contribution is 2.32. The van der Waals surface area contributed by atoms with E-state index in [9.17, 15) is 41.0 Å². The minimum Gasteiger partial charge on any atom is -0.487 e. The molecule has 0 saturated heterocycles. The van der Waals surface area contributed by atoms with Gasteiger partial charge in [-0.3, -0.25) is 4.79 Å². The predicted molar refractivity (Wildman–Crippen MR) is 119 cm³/mol. The summed E-state index contributed by atoms with van der Waals surface area (Å²) < 4.78 is 81.5. The van der Waals surface area contributed by atoms with Gasteiger partial charge in [-0.15, -0.1) is 0 Å². The van der Waals surface area contributed by atoms with Gasteiger partial charge in [-0.2, -0.15) is 26.3 Å². The Morgan fingerprint density at radius 3 is 2.19 bits per heavy atom. The van der Waals surface area contributed by atoms with Crippen molar-refractivity contribution >= 4 is 22.6 Å². The third kappa shape index (κ3) is 7.12. The molecule has 0 unspecified atom stereocenters. The van der Waals surface area contributed by atoms with E-state index >= 15 is 0 Å². The van der Waals surface area contributed by atoms with Crippen LogP contribution >= 0.6 is 0 Å². The number of benzene rings is 3. The Morgan fingerprint density at radius 2 is 1.58 bits per heavy atom. The highest BCUT2D eigenvalue weighted by atomic mass is 19.4. The molecule has 0 heterocycles. The lowest BCUT2D eigenvalue weighted by Crippen LogP contribution is -2.41. The fourth-order valence-electron chi connectivity index (χ4n) is 3.52. The Bertz CT molecular complexity index is 1220. The Morgan fingerprint density at radius 1 is 0.917 bits per heavy atom. The molecule has 0 spiro atoms. The molecule has 5 nitrogen and oxygen atoms in total. The summed E-state index contributed by atoms with van der Waals surface area (Å²) in [7, 11) is 0. The van der Waals surface area contributed by atoms with E-state index in [1.165, 1.54) is 18.2 Å². The number of amides is 1. The van der Waals surface area contributed by atoms with Gasteiger partial charge in [0.2, 0.25) is 0 Å². The zero-order chi connectivity index (χ0) is 26.5. The number of carbonyl (C=O) groups is 2. The molecular weight excluding hydrogens is 492 g/mol. The van der Waals surface area contributed by atoms with E-state index in [1.807, 2.05) is 0 Å². The van der Waals surface area contributed by atoms with E-state index < -0.39 is 55.1 Å². The van der Waals surface area contributed by atoms with Crippen LogP contribution in [0.1, 0.15) is 40.7 Å². The van der Waals surface area contributed by atoms with Crippen LogP contribution in [0.2, 0.25) is 0 Å². The van der Waals surface area contributed by atoms with Gasteiger partial charge in [0, 0.05) is 11.8 Å². The number of nitrogens with one attached hydrogen (secondary N) is 1. The normalized spacial score (nSPS) is 12.8. The summed E-state index contributed by atoms with van der Waals surface area (Å²) in [5, 5.41) is 12.8. The zero-order valence-corrected chi connectivity index (χ0v) is 18.6. The fraction of sp³-hybridized carbons (Fsp3) is 0.280. The van der Waals surface area contributed by atoms with E-state index in [-0.39, 0.29) is 17.9 Å². The topological polar surface area (TPSA) is 75.6 Å². The number of hydrogen-bond acceptors (Lipinski definition) is 3. The smallest absolute Gasteiger partial charge is 0.416 e. The summed E-state index contributed by atoms with van der Waals surface area (Å²) in [5.74, 6) is -2.30. The summed E-state index contributed by atoms with van der Waals surface area (Å²) in [5.41, 5.74) is -0.512. The number of carboxylic acid groups (broad SMARTS) is 1. The average molecular weight is 513 g/mol. The highest BCUT2D eigenvalue weighted by molar-refractivity contribution is 6.04. The minimum absolute atomic E-state index is 0.0601. The van der Waals surface area contributed by atoms with Crippen molar-refractivity contribution in [2.24, 2.45) is 0 Å². The summed E-state index contributed by atoms with van der Waals surface area (Å²) >= 11 is 0. The molecule has 0 aromatic heterocycles. The largest absolute Gasteiger partial charge is 0.487 e. The van der Waals surface area contributed by atoms with Crippen LogP contribution in [0, 0.1) is 0 Å². The molecule has 1 amide bonds. The van der Waals surface area contributed by atoms with Gasteiger partial charge in [0.15, 0.2) is 0 Å². The number of fused-ring (bicyclic) bond motifs is 1. The Kier molecular flexibility index (Phi) is 8.11. The monoisotopic (exact) mass is 513 g/mol. The SMILES string of the molecule is O=C(N[C@@H](CCCC(F)(F)F)C(=O)O)c1ccc2ccccc2c1OCc1ccc(C(F)(F)F)cc1. The second kappa shape index (κ2) is 10.9. The maximum atomic E-state index is 12.9. The van der Waals surface area contributed by atoms with Gasteiger partial charge in [-0.1, -0.05) is 42.5 Å². The Balaban J connectivity index is 1.84. The third-order valence-corrected chi connectivity index (χ3v) is 5.35. The molecule has 0 aliphatic rings. The number of rotatable bonds is 9. The average Bonchev–Trinajstić information content (AvgIpc) is 2.80. The van der Waals surface area contributed by atoms with Crippen molar-refractivity contribution in [3.63, 3.8) is 0 Å². The van der Waals surface area contributed by atoms with Gasteiger partial charge >= 0.3 is 18.3 Å². The molecule has 3 rings (SSSR count). The number of ether oxygens (including phenoxy) is 1. The summed E-state index contributed by atoms with van der Waals surface area (Å²) in [6.07, 6.45) is -11.1. The van der Waals surface area contributed by atoms with Gasteiger partial charge in [0.25, 0.3) is 5.91 Å². The predicted octanol–water partition coefficient (Wildman–Crippen LogP) is 6.35. The molecule has 3 aromatic carbocycles. The van der Waals surface area contributed by atoms with Gasteiger partial charge in [-0.05, 0) is 42.0 Å². The molecule has 0 radical (unpaired) electrons. The number of carboxylic acids is 1. The van der Waals surface area contributed by atoms with Crippen molar-refractivity contribution in [2.45, 2.75) is 44.3 Å². The van der Waals surface area contributed by atoms with Gasteiger partial charge in [0.05, 0.1) is 11.1 Å². The fourth-order valence-corrected chi connectivity index (χ4v) is 3.52. The van der Waals surface area contributed by atoms with Crippen LogP contribution in [0.5, 0.6) is 5.75 Å². The summed E-state index contributed by atoms with van der Waals surface area (Å²) in [4.78, 5) is 24.5. The van der Waals surface area contributed by atoms with Crippen molar-refractivity contribution < 1.29 is 45.8 Å². The summed E-state index contributed by atoms with van der Waals surface area (Å²) in [6.45, 7) is -0.194. The molecule has 36 heavy (non-hydrogen) atoms. The molecular formula is C25H21F6NO4. The first-order valence-corrected chi connectivity index (χ1v) is 10.8. The zero-order valence-electron chi connectivity index (χ0n) is 18.6. The summed E-state index contributed by atoms with van der Waals surface area (Å²) in [6, 6.07) is 12.5. The van der Waals surface area contributed by atoms with Crippen LogP contribution in [0.3, 0.4) is 0 Å². The van der Waals surface area contributed by atoms with Gasteiger partial charge in [-0.25, -0.2) is 4.79 Å².